The van der Waals surface area contributed by atoms with Crippen LogP contribution in [0, 0.1) is 17.1 Å². The molecule has 0 radical (unpaired) electrons. The Morgan fingerprint density at radius 3 is 2.63 bits per heavy atom. The number of nitrogens with two attached hydrogens (primary N) is 1. The van der Waals surface area contributed by atoms with Crippen molar-refractivity contribution >= 4 is 0 Å². The van der Waals surface area contributed by atoms with Gasteiger partial charge in [-0.15, -0.1) is 0 Å². The maximum Gasteiger partial charge on any atom is 0.145 e. The van der Waals surface area contributed by atoms with E-state index >= 15 is 0 Å². The average Bonchev–Trinajstić information content (AvgIpc) is 2.41. The van der Waals surface area contributed by atoms with Crippen LogP contribution in [0.25, 0.3) is 0 Å². The summed E-state index contributed by atoms with van der Waals surface area (Å²) < 4.78 is 18.9. The van der Waals surface area contributed by atoms with Gasteiger partial charge >= 0.3 is 0 Å². The van der Waals surface area contributed by atoms with Gasteiger partial charge in [0.2, 0.25) is 0 Å². The summed E-state index contributed by atoms with van der Waals surface area (Å²) >= 11 is 0. The van der Waals surface area contributed by atoms with E-state index < -0.39 is 0 Å². The van der Waals surface area contributed by atoms with Crippen molar-refractivity contribution in [1.29, 1.82) is 5.26 Å². The molecule has 0 spiro atoms. The van der Waals surface area contributed by atoms with Gasteiger partial charge < -0.3 is 10.5 Å². The first-order valence-corrected chi connectivity index (χ1v) is 5.84. The van der Waals surface area contributed by atoms with E-state index in [0.717, 1.165) is 0 Å². The Bertz CT molecular complexity index is 632. The van der Waals surface area contributed by atoms with Gasteiger partial charge in [-0.1, -0.05) is 12.1 Å². The molecule has 2 rings (SSSR count). The highest BCUT2D eigenvalue weighted by Gasteiger charge is 2.12. The Hall–Kier alpha value is -2.38. The largest absolute Gasteiger partial charge is 0.456 e. The van der Waals surface area contributed by atoms with Crippen molar-refractivity contribution in [3.8, 4) is 17.6 Å². The third kappa shape index (κ3) is 2.90. The Kier molecular flexibility index (Phi) is 3.79. The van der Waals surface area contributed by atoms with Gasteiger partial charge in [-0.25, -0.2) is 4.39 Å². The molecule has 2 aromatic rings. The van der Waals surface area contributed by atoms with Crippen molar-refractivity contribution in [3.05, 3.63) is 59.4 Å². The predicted octanol–water partition coefficient (Wildman–Crippen LogP) is 3.51. The number of hydrogen-bond acceptors (Lipinski definition) is 3. The topological polar surface area (TPSA) is 59.0 Å². The van der Waals surface area contributed by atoms with Crippen LogP contribution in [0.3, 0.4) is 0 Å². The van der Waals surface area contributed by atoms with E-state index in [1.165, 1.54) is 18.2 Å². The fraction of sp³-hybridized carbons (Fsp3) is 0.133. The first-order valence-electron chi connectivity index (χ1n) is 5.84. The van der Waals surface area contributed by atoms with Crippen LogP contribution >= 0.6 is 0 Å². The molecule has 0 aliphatic heterocycles. The molecule has 0 bridgehead atoms. The van der Waals surface area contributed by atoms with Crippen molar-refractivity contribution in [3.63, 3.8) is 0 Å². The van der Waals surface area contributed by atoms with Crippen molar-refractivity contribution in [2.24, 2.45) is 5.73 Å². The Labute approximate surface area is 111 Å². The van der Waals surface area contributed by atoms with Crippen LogP contribution in [-0.2, 0) is 0 Å². The summed E-state index contributed by atoms with van der Waals surface area (Å²) in [6.45, 7) is 1.75. The van der Waals surface area contributed by atoms with Gasteiger partial charge in [-0.2, -0.15) is 5.26 Å². The number of nitriles is 1. The van der Waals surface area contributed by atoms with Gasteiger partial charge in [-0.05, 0) is 37.3 Å². The van der Waals surface area contributed by atoms with Crippen LogP contribution in [-0.4, -0.2) is 0 Å². The Morgan fingerprint density at radius 1 is 1.21 bits per heavy atom. The summed E-state index contributed by atoms with van der Waals surface area (Å²) in [4.78, 5) is 0. The molecule has 2 aromatic carbocycles. The second-order valence-corrected chi connectivity index (χ2v) is 4.18. The molecule has 96 valence electrons. The maximum absolute atomic E-state index is 13.2. The van der Waals surface area contributed by atoms with Crippen molar-refractivity contribution in [1.82, 2.24) is 0 Å². The lowest BCUT2D eigenvalue weighted by molar-refractivity contribution is 0.468. The fourth-order valence-electron chi connectivity index (χ4n) is 1.73. The van der Waals surface area contributed by atoms with Gasteiger partial charge in [0.25, 0.3) is 0 Å². The zero-order valence-electron chi connectivity index (χ0n) is 10.4. The molecule has 0 aromatic heterocycles. The minimum atomic E-state index is -0.367. The maximum atomic E-state index is 13.2. The van der Waals surface area contributed by atoms with Crippen LogP contribution in [0.1, 0.15) is 24.1 Å². The molecule has 0 heterocycles. The lowest BCUT2D eigenvalue weighted by atomic mass is 10.1. The molecule has 0 aliphatic rings. The monoisotopic (exact) mass is 256 g/mol. The van der Waals surface area contributed by atoms with E-state index in [-0.39, 0.29) is 11.9 Å². The SMILES string of the molecule is C[C@@H](N)c1cc(F)ccc1Oc1ccccc1C#N. The minimum absolute atomic E-state index is 0.361. The highest BCUT2D eigenvalue weighted by Crippen LogP contribution is 2.31. The van der Waals surface area contributed by atoms with Gasteiger partial charge in [0.15, 0.2) is 0 Å². The first kappa shape index (κ1) is 13.1. The summed E-state index contributed by atoms with van der Waals surface area (Å²) in [7, 11) is 0. The van der Waals surface area contributed by atoms with E-state index in [1.807, 2.05) is 6.07 Å². The lowest BCUT2D eigenvalue weighted by Gasteiger charge is -2.14. The molecule has 0 aliphatic carbocycles. The number of hydrogen-bond donors (Lipinski definition) is 1. The van der Waals surface area contributed by atoms with Crippen LogP contribution in [0.2, 0.25) is 0 Å². The summed E-state index contributed by atoms with van der Waals surface area (Å²) in [6, 6.07) is 12.7. The highest BCUT2D eigenvalue weighted by molar-refractivity contribution is 5.47. The molecule has 1 atom stereocenters. The van der Waals surface area contributed by atoms with Crippen molar-refractivity contribution in [2.45, 2.75) is 13.0 Å². The summed E-state index contributed by atoms with van der Waals surface area (Å²) in [5.41, 5.74) is 6.78. The van der Waals surface area contributed by atoms with Gasteiger partial charge in [0.1, 0.15) is 23.4 Å². The van der Waals surface area contributed by atoms with E-state index in [9.17, 15) is 4.39 Å². The van der Waals surface area contributed by atoms with E-state index in [4.69, 9.17) is 15.7 Å². The van der Waals surface area contributed by atoms with Gasteiger partial charge in [0, 0.05) is 11.6 Å². The normalized spacial score (nSPS) is 11.7. The van der Waals surface area contributed by atoms with E-state index in [1.54, 1.807) is 31.2 Å². The molecule has 0 saturated heterocycles. The highest BCUT2D eigenvalue weighted by atomic mass is 19.1. The van der Waals surface area contributed by atoms with Crippen LogP contribution in [0.15, 0.2) is 42.5 Å². The standard InChI is InChI=1S/C15H13FN2O/c1-10(18)13-8-12(16)6-7-15(13)19-14-5-3-2-4-11(14)9-17/h2-8,10H,18H2,1H3/t10-/m1/s1. The molecule has 0 amide bonds. The number of para-hydroxylation sites is 1. The fourth-order valence-corrected chi connectivity index (χ4v) is 1.73. The number of nitrogens with zero attached hydrogens (tertiary/aromatic N) is 1. The number of halogens is 1. The first-order chi connectivity index (χ1) is 9.11. The predicted molar refractivity (Wildman–Crippen MR) is 70.2 cm³/mol. The molecule has 0 saturated carbocycles. The van der Waals surface area contributed by atoms with E-state index in [2.05, 4.69) is 0 Å². The number of rotatable bonds is 3. The molecular weight excluding hydrogens is 243 g/mol. The Morgan fingerprint density at radius 2 is 1.95 bits per heavy atom. The number of ether oxygens (including phenoxy) is 1. The molecule has 3 nitrogen and oxygen atoms in total. The Balaban J connectivity index is 2.41. The van der Waals surface area contributed by atoms with Crippen LogP contribution in [0.5, 0.6) is 11.5 Å². The zero-order valence-corrected chi connectivity index (χ0v) is 10.4. The summed E-state index contributed by atoms with van der Waals surface area (Å²) in [5, 5.41) is 9.00. The second-order valence-electron chi connectivity index (χ2n) is 4.18. The van der Waals surface area contributed by atoms with Gasteiger partial charge in [-0.3, -0.25) is 0 Å². The third-order valence-corrected chi connectivity index (χ3v) is 2.69. The van der Waals surface area contributed by atoms with Crippen LogP contribution < -0.4 is 10.5 Å². The van der Waals surface area contributed by atoms with Crippen LogP contribution in [0.4, 0.5) is 4.39 Å². The second kappa shape index (κ2) is 5.51. The van der Waals surface area contributed by atoms with E-state index in [0.29, 0.717) is 22.6 Å². The molecular formula is C15H13FN2O. The summed E-state index contributed by atoms with van der Waals surface area (Å²) in [5.74, 6) is 0.519. The molecule has 4 heteroatoms. The average molecular weight is 256 g/mol. The molecule has 0 unspecified atom stereocenters. The lowest BCUT2D eigenvalue weighted by Crippen LogP contribution is -2.07. The third-order valence-electron chi connectivity index (χ3n) is 2.69. The zero-order chi connectivity index (χ0) is 13.8. The number of benzene rings is 2. The quantitative estimate of drug-likeness (QED) is 0.914. The molecule has 0 fully saturated rings. The van der Waals surface area contributed by atoms with Crippen molar-refractivity contribution < 1.29 is 9.13 Å². The summed E-state index contributed by atoms with van der Waals surface area (Å²) in [6.07, 6.45) is 0. The van der Waals surface area contributed by atoms with Gasteiger partial charge in [0.05, 0.1) is 5.56 Å². The van der Waals surface area contributed by atoms with Crippen molar-refractivity contribution in [2.75, 3.05) is 0 Å². The smallest absolute Gasteiger partial charge is 0.145 e. The molecule has 19 heavy (non-hydrogen) atoms. The molecule has 2 N–H and O–H groups in total. The minimum Gasteiger partial charge on any atom is -0.456 e.